The number of aromatic nitrogens is 1. The van der Waals surface area contributed by atoms with Crippen molar-refractivity contribution in [3.05, 3.63) is 10.6 Å². The highest BCUT2D eigenvalue weighted by Crippen LogP contribution is 2.32. The molecule has 1 saturated carbocycles. The zero-order chi connectivity index (χ0) is 13.7. The Hall–Kier alpha value is -0.650. The van der Waals surface area contributed by atoms with Crippen LogP contribution in [0, 0.1) is 0 Å². The van der Waals surface area contributed by atoms with Gasteiger partial charge in [-0.25, -0.2) is 4.98 Å². The molecule has 0 spiro atoms. The Morgan fingerprint density at radius 1 is 1.47 bits per heavy atom. The van der Waals surface area contributed by atoms with E-state index in [-0.39, 0.29) is 0 Å². The molecule has 1 heterocycles. The van der Waals surface area contributed by atoms with E-state index in [9.17, 15) is 0 Å². The number of nitrogens with one attached hydrogen (secondary N) is 1. The maximum absolute atomic E-state index is 5.05. The standard InChI is InChI=1S/C14H25N3OS/c1-4-12-13(10-15-8-9-18-3)19-14(16-12)17(2)11-6-5-7-11/h11,15H,4-10H2,1-3H3. The van der Waals surface area contributed by atoms with E-state index in [2.05, 4.69) is 24.2 Å². The van der Waals surface area contributed by atoms with Crippen molar-refractivity contribution in [3.63, 3.8) is 0 Å². The first-order valence-electron chi connectivity index (χ1n) is 7.17. The van der Waals surface area contributed by atoms with Gasteiger partial charge in [-0.05, 0) is 25.7 Å². The molecule has 0 unspecified atom stereocenters. The molecular weight excluding hydrogens is 258 g/mol. The summed E-state index contributed by atoms with van der Waals surface area (Å²) in [6.07, 6.45) is 5.01. The van der Waals surface area contributed by atoms with Crippen molar-refractivity contribution < 1.29 is 4.74 Å². The second-order valence-corrected chi connectivity index (χ2v) is 6.15. The first-order chi connectivity index (χ1) is 9.26. The van der Waals surface area contributed by atoms with Crippen molar-refractivity contribution in [2.45, 2.75) is 45.2 Å². The molecule has 0 radical (unpaired) electrons. The molecule has 0 amide bonds. The van der Waals surface area contributed by atoms with Gasteiger partial charge in [-0.2, -0.15) is 0 Å². The SMILES string of the molecule is CCc1nc(N(C)C2CCC2)sc1CNCCOC. The monoisotopic (exact) mass is 283 g/mol. The Kier molecular flexibility index (Phi) is 5.60. The van der Waals surface area contributed by atoms with E-state index in [0.29, 0.717) is 6.04 Å². The van der Waals surface area contributed by atoms with Gasteiger partial charge in [0.25, 0.3) is 0 Å². The lowest BCUT2D eigenvalue weighted by Crippen LogP contribution is -2.37. The third kappa shape index (κ3) is 3.68. The first kappa shape index (κ1) is 14.8. The summed E-state index contributed by atoms with van der Waals surface area (Å²) in [5.41, 5.74) is 1.25. The molecule has 0 aliphatic heterocycles. The van der Waals surface area contributed by atoms with Gasteiger partial charge < -0.3 is 15.0 Å². The first-order valence-corrected chi connectivity index (χ1v) is 7.99. The van der Waals surface area contributed by atoms with Crippen LogP contribution in [-0.2, 0) is 17.7 Å². The number of ether oxygens (including phenoxy) is 1. The largest absolute Gasteiger partial charge is 0.383 e. The van der Waals surface area contributed by atoms with Gasteiger partial charge in [0.1, 0.15) is 0 Å². The molecule has 4 nitrogen and oxygen atoms in total. The number of thiazole rings is 1. The summed E-state index contributed by atoms with van der Waals surface area (Å²) >= 11 is 1.84. The molecule has 0 aromatic carbocycles. The van der Waals surface area contributed by atoms with Crippen LogP contribution in [-0.4, -0.2) is 38.3 Å². The number of anilines is 1. The smallest absolute Gasteiger partial charge is 0.185 e. The van der Waals surface area contributed by atoms with Crippen LogP contribution < -0.4 is 10.2 Å². The molecule has 1 aliphatic carbocycles. The minimum absolute atomic E-state index is 0.713. The van der Waals surface area contributed by atoms with Crippen LogP contribution in [0.3, 0.4) is 0 Å². The van der Waals surface area contributed by atoms with Crippen LogP contribution in [0.4, 0.5) is 5.13 Å². The molecule has 0 bridgehead atoms. The topological polar surface area (TPSA) is 37.4 Å². The van der Waals surface area contributed by atoms with Crippen LogP contribution >= 0.6 is 11.3 Å². The molecule has 2 rings (SSSR count). The summed E-state index contributed by atoms with van der Waals surface area (Å²) in [6.45, 7) is 4.74. The Labute approximate surface area is 120 Å². The number of nitrogens with zero attached hydrogens (tertiary/aromatic N) is 2. The van der Waals surface area contributed by atoms with E-state index in [1.54, 1.807) is 7.11 Å². The number of hydrogen-bond donors (Lipinski definition) is 1. The van der Waals surface area contributed by atoms with E-state index in [0.717, 1.165) is 26.1 Å². The van der Waals surface area contributed by atoms with E-state index in [1.807, 2.05) is 11.3 Å². The maximum atomic E-state index is 5.05. The van der Waals surface area contributed by atoms with E-state index in [4.69, 9.17) is 9.72 Å². The fraction of sp³-hybridized carbons (Fsp3) is 0.786. The van der Waals surface area contributed by atoms with Gasteiger partial charge in [-0.1, -0.05) is 6.92 Å². The van der Waals surface area contributed by atoms with Gasteiger partial charge in [0, 0.05) is 38.2 Å². The Morgan fingerprint density at radius 3 is 2.84 bits per heavy atom. The van der Waals surface area contributed by atoms with Crippen molar-refractivity contribution in [1.82, 2.24) is 10.3 Å². The fourth-order valence-electron chi connectivity index (χ4n) is 2.24. The molecule has 1 fully saturated rings. The minimum Gasteiger partial charge on any atom is -0.383 e. The van der Waals surface area contributed by atoms with E-state index >= 15 is 0 Å². The highest BCUT2D eigenvalue weighted by Gasteiger charge is 2.24. The van der Waals surface area contributed by atoms with Gasteiger partial charge in [0.2, 0.25) is 0 Å². The summed E-state index contributed by atoms with van der Waals surface area (Å²) in [4.78, 5) is 8.55. The predicted molar refractivity (Wildman–Crippen MR) is 81.1 cm³/mol. The molecule has 1 aliphatic rings. The Morgan fingerprint density at radius 2 is 2.26 bits per heavy atom. The number of aryl methyl sites for hydroxylation is 1. The lowest BCUT2D eigenvalue weighted by Gasteiger charge is -2.34. The fourth-order valence-corrected chi connectivity index (χ4v) is 3.39. The molecule has 1 aromatic heterocycles. The molecule has 5 heteroatoms. The van der Waals surface area contributed by atoms with Gasteiger partial charge >= 0.3 is 0 Å². The molecular formula is C14H25N3OS. The lowest BCUT2D eigenvalue weighted by atomic mass is 9.92. The maximum Gasteiger partial charge on any atom is 0.185 e. The van der Waals surface area contributed by atoms with Crippen molar-refractivity contribution >= 4 is 16.5 Å². The second-order valence-electron chi connectivity index (χ2n) is 5.09. The van der Waals surface area contributed by atoms with Crippen LogP contribution in [0.5, 0.6) is 0 Å². The second kappa shape index (κ2) is 7.22. The molecule has 1 N–H and O–H groups in total. The van der Waals surface area contributed by atoms with Crippen molar-refractivity contribution in [2.24, 2.45) is 0 Å². The minimum atomic E-state index is 0.713. The third-order valence-corrected chi connectivity index (χ3v) is 4.98. The van der Waals surface area contributed by atoms with Crippen LogP contribution in [0.1, 0.15) is 36.8 Å². The van der Waals surface area contributed by atoms with Crippen molar-refractivity contribution in [2.75, 3.05) is 32.2 Å². The predicted octanol–water partition coefficient (Wildman–Crippen LogP) is 2.43. The van der Waals surface area contributed by atoms with Crippen LogP contribution in [0.15, 0.2) is 0 Å². The average Bonchev–Trinajstić information content (AvgIpc) is 2.76. The summed E-state index contributed by atoms with van der Waals surface area (Å²) in [5.74, 6) is 0. The number of methoxy groups -OCH3 is 1. The van der Waals surface area contributed by atoms with E-state index in [1.165, 1.54) is 35.0 Å². The van der Waals surface area contributed by atoms with Crippen molar-refractivity contribution in [3.8, 4) is 0 Å². The molecule has 1 aromatic rings. The zero-order valence-electron chi connectivity index (χ0n) is 12.2. The molecule has 19 heavy (non-hydrogen) atoms. The highest BCUT2D eigenvalue weighted by molar-refractivity contribution is 7.15. The van der Waals surface area contributed by atoms with Crippen LogP contribution in [0.25, 0.3) is 0 Å². The van der Waals surface area contributed by atoms with Gasteiger partial charge in [0.05, 0.1) is 12.3 Å². The average molecular weight is 283 g/mol. The van der Waals surface area contributed by atoms with Gasteiger partial charge in [-0.3, -0.25) is 0 Å². The normalized spacial score (nSPS) is 15.5. The zero-order valence-corrected chi connectivity index (χ0v) is 13.1. The molecule has 0 atom stereocenters. The Balaban J connectivity index is 1.95. The van der Waals surface area contributed by atoms with Gasteiger partial charge in [-0.15, -0.1) is 11.3 Å². The number of hydrogen-bond acceptors (Lipinski definition) is 5. The van der Waals surface area contributed by atoms with E-state index < -0.39 is 0 Å². The highest BCUT2D eigenvalue weighted by atomic mass is 32.1. The third-order valence-electron chi connectivity index (χ3n) is 3.79. The number of rotatable bonds is 8. The van der Waals surface area contributed by atoms with Crippen molar-refractivity contribution in [1.29, 1.82) is 0 Å². The summed E-state index contributed by atoms with van der Waals surface area (Å²) in [6, 6.07) is 0.713. The lowest BCUT2D eigenvalue weighted by molar-refractivity contribution is 0.199. The summed E-state index contributed by atoms with van der Waals surface area (Å²) in [7, 11) is 3.92. The van der Waals surface area contributed by atoms with Gasteiger partial charge in [0.15, 0.2) is 5.13 Å². The van der Waals surface area contributed by atoms with Crippen LogP contribution in [0.2, 0.25) is 0 Å². The summed E-state index contributed by atoms with van der Waals surface area (Å²) in [5, 5.41) is 4.60. The summed E-state index contributed by atoms with van der Waals surface area (Å²) < 4.78 is 5.05. The molecule has 0 saturated heterocycles. The Bertz CT molecular complexity index is 390. The quantitative estimate of drug-likeness (QED) is 0.744. The molecule has 108 valence electrons.